The summed E-state index contributed by atoms with van der Waals surface area (Å²) < 4.78 is 20.3. The molecule has 154 valence electrons. The van der Waals surface area contributed by atoms with Gasteiger partial charge in [0.15, 0.2) is 5.96 Å². The molecule has 0 bridgehead atoms. The summed E-state index contributed by atoms with van der Waals surface area (Å²) in [6.07, 6.45) is 2.31. The first-order chi connectivity index (χ1) is 13.6. The second-order valence-corrected chi connectivity index (χ2v) is 7.96. The lowest BCUT2D eigenvalue weighted by molar-refractivity contribution is -0.140. The first kappa shape index (κ1) is 20.8. The summed E-state index contributed by atoms with van der Waals surface area (Å²) in [4.78, 5) is 23.0. The molecule has 2 N–H and O–H groups in total. The number of carbonyl (C=O) groups is 1. The van der Waals surface area contributed by atoms with Gasteiger partial charge in [0.2, 0.25) is 11.8 Å². The van der Waals surface area contributed by atoms with Gasteiger partial charge < -0.3 is 10.5 Å². The second kappa shape index (κ2) is 7.46. The van der Waals surface area contributed by atoms with Crippen molar-refractivity contribution in [2.75, 3.05) is 13.7 Å². The number of aromatic nitrogens is 1. The molecule has 0 unspecified atom stereocenters. The van der Waals surface area contributed by atoms with Crippen molar-refractivity contribution in [1.29, 1.82) is 0 Å². The van der Waals surface area contributed by atoms with E-state index >= 15 is 0 Å². The van der Waals surface area contributed by atoms with Crippen molar-refractivity contribution < 1.29 is 13.9 Å². The molecule has 0 radical (unpaired) electrons. The van der Waals surface area contributed by atoms with Crippen LogP contribution in [-0.2, 0) is 16.8 Å². The molecule has 0 spiro atoms. The quantitative estimate of drug-likeness (QED) is 0.838. The Morgan fingerprint density at radius 1 is 1.17 bits per heavy atom. The second-order valence-electron chi connectivity index (χ2n) is 7.96. The summed E-state index contributed by atoms with van der Waals surface area (Å²) in [7, 11) is 1.58. The number of nitrogens with zero attached hydrogens (tertiary/aromatic N) is 3. The maximum absolute atomic E-state index is 14.9. The molecule has 2 aromatic rings. The third-order valence-corrected chi connectivity index (χ3v) is 5.79. The Bertz CT molecular complexity index is 956. The lowest BCUT2D eigenvalue weighted by Crippen LogP contribution is -2.58. The van der Waals surface area contributed by atoms with E-state index in [9.17, 15) is 9.18 Å². The molecule has 1 aromatic carbocycles. The van der Waals surface area contributed by atoms with E-state index < -0.39 is 16.8 Å². The number of rotatable bonds is 5. The van der Waals surface area contributed by atoms with Gasteiger partial charge in [-0.25, -0.2) is 14.4 Å². The number of carbonyl (C=O) groups excluding carboxylic acids is 1. The largest absolute Gasteiger partial charge is 0.478 e. The SMILES string of the molecule is CCOc1ccc(Cc2ccc(F)c([C@@]3(C)N=C(N)N(C)C(=O)C3(C)C)c2)cn1. The van der Waals surface area contributed by atoms with Crippen molar-refractivity contribution in [3.05, 3.63) is 59.0 Å². The summed E-state index contributed by atoms with van der Waals surface area (Å²) in [5.74, 6) is 0.0355. The van der Waals surface area contributed by atoms with Crippen molar-refractivity contribution in [3.8, 4) is 5.88 Å². The Kier molecular flexibility index (Phi) is 5.34. The molecule has 1 aliphatic heterocycles. The molecule has 6 nitrogen and oxygen atoms in total. The molecule has 0 saturated heterocycles. The number of guanidine groups is 1. The fourth-order valence-corrected chi connectivity index (χ4v) is 3.61. The molecule has 29 heavy (non-hydrogen) atoms. The number of nitrogens with two attached hydrogens (primary N) is 1. The number of amides is 1. The summed E-state index contributed by atoms with van der Waals surface area (Å²) in [5, 5.41) is 0. The van der Waals surface area contributed by atoms with Gasteiger partial charge >= 0.3 is 0 Å². The zero-order valence-electron chi connectivity index (χ0n) is 17.5. The average molecular weight is 398 g/mol. The minimum atomic E-state index is -1.13. The molecule has 3 rings (SSSR count). The highest BCUT2D eigenvalue weighted by molar-refractivity contribution is 6.01. The van der Waals surface area contributed by atoms with Crippen molar-refractivity contribution >= 4 is 11.9 Å². The van der Waals surface area contributed by atoms with Gasteiger partial charge in [-0.3, -0.25) is 9.69 Å². The monoisotopic (exact) mass is 398 g/mol. The smallest absolute Gasteiger partial charge is 0.237 e. The third kappa shape index (κ3) is 3.57. The summed E-state index contributed by atoms with van der Waals surface area (Å²) in [5.41, 5.74) is 6.08. The molecular weight excluding hydrogens is 371 g/mol. The predicted octanol–water partition coefficient (Wildman–Crippen LogP) is 3.24. The van der Waals surface area contributed by atoms with Gasteiger partial charge in [0.05, 0.1) is 12.0 Å². The maximum atomic E-state index is 14.9. The van der Waals surface area contributed by atoms with Crippen LogP contribution in [0.2, 0.25) is 0 Å². The number of ether oxygens (including phenoxy) is 1. The van der Waals surface area contributed by atoms with Gasteiger partial charge in [0, 0.05) is 24.9 Å². The molecular formula is C22H27FN4O2. The van der Waals surface area contributed by atoms with Crippen LogP contribution in [0, 0.1) is 11.2 Å². The number of aliphatic imine (C=N–C) groups is 1. The van der Waals surface area contributed by atoms with Crippen LogP contribution in [0.15, 0.2) is 41.5 Å². The highest BCUT2D eigenvalue weighted by Crippen LogP contribution is 2.47. The molecule has 1 aromatic heterocycles. The Morgan fingerprint density at radius 3 is 2.48 bits per heavy atom. The van der Waals surface area contributed by atoms with Gasteiger partial charge in [0.1, 0.15) is 11.4 Å². The number of hydrogen-bond acceptors (Lipinski definition) is 5. The fourth-order valence-electron chi connectivity index (χ4n) is 3.61. The van der Waals surface area contributed by atoms with Crippen molar-refractivity contribution in [2.45, 2.75) is 39.7 Å². The van der Waals surface area contributed by atoms with E-state index in [1.54, 1.807) is 46.1 Å². The molecule has 1 amide bonds. The van der Waals surface area contributed by atoms with Crippen molar-refractivity contribution in [1.82, 2.24) is 9.88 Å². The van der Waals surface area contributed by atoms with E-state index in [0.29, 0.717) is 24.5 Å². The average Bonchev–Trinajstić information content (AvgIpc) is 2.68. The molecule has 0 fully saturated rings. The summed E-state index contributed by atoms with van der Waals surface area (Å²) in [6, 6.07) is 8.66. The highest BCUT2D eigenvalue weighted by Gasteiger charge is 2.53. The lowest BCUT2D eigenvalue weighted by Gasteiger charge is -2.46. The van der Waals surface area contributed by atoms with Crippen LogP contribution in [0.4, 0.5) is 4.39 Å². The Labute approximate surface area is 170 Å². The van der Waals surface area contributed by atoms with E-state index in [1.807, 2.05) is 19.1 Å². The molecule has 1 aliphatic rings. The van der Waals surface area contributed by atoms with Gasteiger partial charge in [-0.05, 0) is 51.3 Å². The van der Waals surface area contributed by atoms with Gasteiger partial charge in [0.25, 0.3) is 0 Å². The highest BCUT2D eigenvalue weighted by atomic mass is 19.1. The predicted molar refractivity (Wildman–Crippen MR) is 110 cm³/mol. The third-order valence-electron chi connectivity index (χ3n) is 5.79. The number of benzene rings is 1. The van der Waals surface area contributed by atoms with E-state index in [4.69, 9.17) is 10.5 Å². The molecule has 2 heterocycles. The van der Waals surface area contributed by atoms with Crippen molar-refractivity contribution in [2.24, 2.45) is 16.1 Å². The molecule has 0 aliphatic carbocycles. The van der Waals surface area contributed by atoms with E-state index in [2.05, 4.69) is 9.98 Å². The van der Waals surface area contributed by atoms with E-state index in [-0.39, 0.29) is 11.9 Å². The standard InChI is InChI=1S/C22H27FN4O2/c1-6-29-18-10-8-15(13-25-18)11-14-7-9-17(23)16(12-14)22(4)21(2,3)19(28)27(5)20(24)26-22/h7-10,12-13H,6,11H2,1-5H3,(H2,24,26)/t22-/m1/s1. The summed E-state index contributed by atoms with van der Waals surface area (Å²) >= 11 is 0. The zero-order chi connectivity index (χ0) is 21.4. The lowest BCUT2D eigenvalue weighted by atomic mass is 9.67. The van der Waals surface area contributed by atoms with Crippen LogP contribution in [0.5, 0.6) is 5.88 Å². The first-order valence-corrected chi connectivity index (χ1v) is 9.60. The van der Waals surface area contributed by atoms with Crippen LogP contribution >= 0.6 is 0 Å². The maximum Gasteiger partial charge on any atom is 0.237 e. The van der Waals surface area contributed by atoms with E-state index in [1.165, 1.54) is 11.0 Å². The first-order valence-electron chi connectivity index (χ1n) is 9.60. The fraction of sp³-hybridized carbons (Fsp3) is 0.409. The number of hydrogen-bond donors (Lipinski definition) is 1. The Balaban J connectivity index is 1.99. The van der Waals surface area contributed by atoms with Crippen molar-refractivity contribution in [3.63, 3.8) is 0 Å². The van der Waals surface area contributed by atoms with Gasteiger partial charge in [-0.1, -0.05) is 18.2 Å². The van der Waals surface area contributed by atoms with E-state index in [0.717, 1.165) is 11.1 Å². The van der Waals surface area contributed by atoms with Crippen LogP contribution in [0.1, 0.15) is 44.4 Å². The van der Waals surface area contributed by atoms with Crippen LogP contribution < -0.4 is 10.5 Å². The topological polar surface area (TPSA) is 80.8 Å². The van der Waals surface area contributed by atoms with Gasteiger partial charge in [-0.2, -0.15) is 0 Å². The minimum absolute atomic E-state index is 0.0809. The van der Waals surface area contributed by atoms with Crippen LogP contribution in [0.3, 0.4) is 0 Å². The Hall–Kier alpha value is -2.96. The summed E-state index contributed by atoms with van der Waals surface area (Å²) in [6.45, 7) is 7.75. The minimum Gasteiger partial charge on any atom is -0.478 e. The van der Waals surface area contributed by atoms with Crippen LogP contribution in [0.25, 0.3) is 0 Å². The normalized spacial score (nSPS) is 21.1. The Morgan fingerprint density at radius 2 is 1.86 bits per heavy atom. The number of pyridine rings is 1. The van der Waals surface area contributed by atoms with Gasteiger partial charge in [-0.15, -0.1) is 0 Å². The molecule has 1 atom stereocenters. The van der Waals surface area contributed by atoms with Crippen LogP contribution in [-0.4, -0.2) is 35.4 Å². The number of halogens is 1. The zero-order valence-corrected chi connectivity index (χ0v) is 17.5. The molecule has 7 heteroatoms. The molecule has 0 saturated carbocycles.